The van der Waals surface area contributed by atoms with E-state index >= 15 is 0 Å². The van der Waals surface area contributed by atoms with Crippen LogP contribution in [0.15, 0.2) is 88.3 Å². The van der Waals surface area contributed by atoms with Crippen LogP contribution in [-0.4, -0.2) is 47.9 Å². The van der Waals surface area contributed by atoms with E-state index in [1.54, 1.807) is 24.0 Å². The first kappa shape index (κ1) is 23.8. The lowest BCUT2D eigenvalue weighted by molar-refractivity contribution is 0.207. The molecule has 1 fully saturated rings. The Morgan fingerprint density at radius 3 is 2.33 bits per heavy atom. The van der Waals surface area contributed by atoms with Crippen LogP contribution in [0.1, 0.15) is 28.6 Å². The number of para-hydroxylation sites is 1. The Morgan fingerprint density at radius 1 is 0.972 bits per heavy atom. The normalized spacial score (nSPS) is 15.1. The number of hydrogen-bond donors (Lipinski definition) is 1. The second-order valence-electron chi connectivity index (χ2n) is 9.09. The maximum Gasteiger partial charge on any atom is 0.260 e. The van der Waals surface area contributed by atoms with E-state index < -0.39 is 6.04 Å². The summed E-state index contributed by atoms with van der Waals surface area (Å²) in [6.07, 6.45) is 1.60. The smallest absolute Gasteiger partial charge is 0.260 e. The van der Waals surface area contributed by atoms with E-state index in [-0.39, 0.29) is 11.3 Å². The molecular weight excluding hydrogens is 454 g/mol. The zero-order valence-corrected chi connectivity index (χ0v) is 20.6. The fraction of sp³-hybridized carbons (Fsp3) is 0.276. The van der Waals surface area contributed by atoms with Crippen LogP contribution in [-0.2, 0) is 6.54 Å². The molecule has 0 amide bonds. The Labute approximate surface area is 210 Å². The number of aryl methyl sites for hydroxylation is 1. The lowest BCUT2D eigenvalue weighted by Gasteiger charge is -2.40. The van der Waals surface area contributed by atoms with Crippen molar-refractivity contribution < 1.29 is 14.3 Å². The average molecular weight is 486 g/mol. The van der Waals surface area contributed by atoms with Crippen molar-refractivity contribution in [2.75, 3.05) is 38.2 Å². The molecule has 0 unspecified atom stereocenters. The second-order valence-corrected chi connectivity index (χ2v) is 9.09. The van der Waals surface area contributed by atoms with Crippen molar-refractivity contribution in [2.45, 2.75) is 19.5 Å². The number of ether oxygens (including phenoxy) is 1. The number of hydrogen-bond acceptors (Lipinski definition) is 6. The predicted octanol–water partition coefficient (Wildman–Crippen LogP) is 4.42. The molecule has 1 aliphatic rings. The van der Waals surface area contributed by atoms with Gasteiger partial charge in [-0.3, -0.25) is 9.69 Å². The van der Waals surface area contributed by atoms with E-state index in [2.05, 4.69) is 21.9 Å². The Bertz CT molecular complexity index is 1340. The predicted molar refractivity (Wildman–Crippen MR) is 140 cm³/mol. The van der Waals surface area contributed by atoms with E-state index in [0.717, 1.165) is 37.5 Å². The number of piperazine rings is 1. The Morgan fingerprint density at radius 2 is 1.69 bits per heavy atom. The van der Waals surface area contributed by atoms with Crippen LogP contribution in [0.5, 0.6) is 11.5 Å². The molecule has 186 valence electrons. The zero-order valence-electron chi connectivity index (χ0n) is 20.6. The summed E-state index contributed by atoms with van der Waals surface area (Å²) in [5.41, 5.74) is 2.97. The van der Waals surface area contributed by atoms with E-state index in [0.29, 0.717) is 23.6 Å². The molecule has 2 aromatic heterocycles. The third kappa shape index (κ3) is 4.75. The van der Waals surface area contributed by atoms with Crippen molar-refractivity contribution in [3.05, 3.63) is 112 Å². The van der Waals surface area contributed by atoms with Gasteiger partial charge in [-0.1, -0.05) is 30.3 Å². The summed E-state index contributed by atoms with van der Waals surface area (Å²) in [5.74, 6) is 1.45. The van der Waals surface area contributed by atoms with Gasteiger partial charge in [0.25, 0.3) is 5.56 Å². The van der Waals surface area contributed by atoms with Crippen LogP contribution in [0.2, 0.25) is 0 Å². The van der Waals surface area contributed by atoms with Gasteiger partial charge in [0, 0.05) is 37.6 Å². The highest BCUT2D eigenvalue weighted by Gasteiger charge is 2.31. The van der Waals surface area contributed by atoms with Crippen molar-refractivity contribution in [2.24, 2.45) is 0 Å². The molecule has 1 aliphatic heterocycles. The summed E-state index contributed by atoms with van der Waals surface area (Å²) in [5, 5.41) is 11.1. The standard InChI is InChI=1S/C29H31N3O4/c1-21-19-26(33)27(29(34)32(21)20-25-9-6-18-36-25)28(22-10-12-24(35-2)13-11-22)31-16-14-30(15-17-31)23-7-4-3-5-8-23/h3-13,18-19,28,33H,14-17,20H2,1-2H3/t28-/m0/s1. The molecule has 5 rings (SSSR count). The molecule has 0 saturated carbocycles. The number of aromatic hydroxyl groups is 1. The highest BCUT2D eigenvalue weighted by atomic mass is 16.5. The van der Waals surface area contributed by atoms with Crippen LogP contribution < -0.4 is 15.2 Å². The van der Waals surface area contributed by atoms with Crippen molar-refractivity contribution in [1.82, 2.24) is 9.47 Å². The van der Waals surface area contributed by atoms with Crippen LogP contribution in [0.3, 0.4) is 0 Å². The largest absolute Gasteiger partial charge is 0.507 e. The zero-order chi connectivity index (χ0) is 25.1. The van der Waals surface area contributed by atoms with Crippen LogP contribution in [0.25, 0.3) is 0 Å². The lowest BCUT2D eigenvalue weighted by Crippen LogP contribution is -2.49. The maximum atomic E-state index is 13.9. The molecule has 0 bridgehead atoms. The molecular formula is C29H31N3O4. The first-order valence-electron chi connectivity index (χ1n) is 12.2. The third-order valence-electron chi connectivity index (χ3n) is 6.92. The van der Waals surface area contributed by atoms with Crippen molar-refractivity contribution >= 4 is 5.69 Å². The second kappa shape index (κ2) is 10.3. The van der Waals surface area contributed by atoms with Gasteiger partial charge in [0.15, 0.2) is 0 Å². The Balaban J connectivity index is 1.53. The van der Waals surface area contributed by atoms with Crippen molar-refractivity contribution in [3.8, 4) is 11.5 Å². The van der Waals surface area contributed by atoms with Gasteiger partial charge >= 0.3 is 0 Å². The minimum absolute atomic E-state index is 0.0134. The summed E-state index contributed by atoms with van der Waals surface area (Å²) in [6, 6.07) is 23.0. The molecule has 1 N–H and O–H groups in total. The van der Waals surface area contributed by atoms with Crippen molar-refractivity contribution in [3.63, 3.8) is 0 Å². The van der Waals surface area contributed by atoms with Gasteiger partial charge in [-0.05, 0) is 55.0 Å². The summed E-state index contributed by atoms with van der Waals surface area (Å²) in [4.78, 5) is 18.5. The third-order valence-corrected chi connectivity index (χ3v) is 6.92. The van der Waals surface area contributed by atoms with Gasteiger partial charge in [-0.2, -0.15) is 0 Å². The molecule has 2 aromatic carbocycles. The SMILES string of the molecule is COc1ccc([C@@H](c2c(O)cc(C)n(Cc3ccco3)c2=O)N2CCN(c3ccccc3)CC2)cc1. The highest BCUT2D eigenvalue weighted by Crippen LogP contribution is 2.34. The van der Waals surface area contributed by atoms with Gasteiger partial charge in [0.2, 0.25) is 0 Å². The maximum absolute atomic E-state index is 13.9. The monoisotopic (exact) mass is 485 g/mol. The molecule has 0 spiro atoms. The molecule has 0 radical (unpaired) electrons. The van der Waals surface area contributed by atoms with Gasteiger partial charge in [-0.15, -0.1) is 0 Å². The van der Waals surface area contributed by atoms with Crippen LogP contribution in [0.4, 0.5) is 5.69 Å². The summed E-state index contributed by atoms with van der Waals surface area (Å²) >= 11 is 0. The number of methoxy groups -OCH3 is 1. The molecule has 7 heteroatoms. The first-order valence-corrected chi connectivity index (χ1v) is 12.2. The average Bonchev–Trinajstić information content (AvgIpc) is 3.43. The lowest BCUT2D eigenvalue weighted by atomic mass is 9.95. The Kier molecular flexibility index (Phi) is 6.82. The van der Waals surface area contributed by atoms with E-state index in [9.17, 15) is 9.90 Å². The molecule has 0 aliphatic carbocycles. The van der Waals surface area contributed by atoms with E-state index in [1.807, 2.05) is 61.5 Å². The Hall–Kier alpha value is -3.97. The van der Waals surface area contributed by atoms with E-state index in [1.165, 1.54) is 5.69 Å². The number of rotatable bonds is 7. The summed E-state index contributed by atoms with van der Waals surface area (Å²) in [7, 11) is 1.63. The topological polar surface area (TPSA) is 71.1 Å². The van der Waals surface area contributed by atoms with Gasteiger partial charge in [-0.25, -0.2) is 0 Å². The molecule has 36 heavy (non-hydrogen) atoms. The minimum atomic E-state index is -0.398. The number of pyridine rings is 1. The minimum Gasteiger partial charge on any atom is -0.507 e. The number of aromatic nitrogens is 1. The number of nitrogens with zero attached hydrogens (tertiary/aromatic N) is 3. The molecule has 7 nitrogen and oxygen atoms in total. The fourth-order valence-corrected chi connectivity index (χ4v) is 5.00. The highest BCUT2D eigenvalue weighted by molar-refractivity contribution is 5.47. The quantitative estimate of drug-likeness (QED) is 0.418. The fourth-order valence-electron chi connectivity index (χ4n) is 5.00. The summed E-state index contributed by atoms with van der Waals surface area (Å²) in [6.45, 7) is 5.28. The van der Waals surface area contributed by atoms with Gasteiger partial charge < -0.3 is 23.7 Å². The van der Waals surface area contributed by atoms with Crippen molar-refractivity contribution in [1.29, 1.82) is 0 Å². The molecule has 1 atom stereocenters. The molecule has 1 saturated heterocycles. The number of anilines is 1. The molecule has 3 heterocycles. The first-order chi connectivity index (χ1) is 17.5. The number of furan rings is 1. The van der Waals surface area contributed by atoms with Gasteiger partial charge in [0.1, 0.15) is 17.3 Å². The molecule has 4 aromatic rings. The van der Waals surface area contributed by atoms with E-state index in [4.69, 9.17) is 9.15 Å². The summed E-state index contributed by atoms with van der Waals surface area (Å²) < 4.78 is 12.5. The number of benzene rings is 2. The van der Waals surface area contributed by atoms with Crippen LogP contribution >= 0.6 is 0 Å². The van der Waals surface area contributed by atoms with Crippen LogP contribution in [0, 0.1) is 6.92 Å². The van der Waals surface area contributed by atoms with Gasteiger partial charge in [0.05, 0.1) is 31.5 Å².